The zero-order valence-electron chi connectivity index (χ0n) is 9.98. The second-order valence-electron chi connectivity index (χ2n) is 4.37. The Balaban J connectivity index is 1.69. The minimum atomic E-state index is 0.0510. The summed E-state index contributed by atoms with van der Waals surface area (Å²) in [7, 11) is 0. The fraction of sp³-hybridized carbons (Fsp3) is 0.818. The lowest BCUT2D eigenvalue weighted by Gasteiger charge is -2.29. The van der Waals surface area contributed by atoms with Crippen LogP contribution in [-0.4, -0.2) is 74.1 Å². The summed E-state index contributed by atoms with van der Waals surface area (Å²) in [6, 6.07) is 0. The molecule has 17 heavy (non-hydrogen) atoms. The Bertz CT molecular complexity index is 290. The van der Waals surface area contributed by atoms with E-state index in [0.717, 1.165) is 6.54 Å². The van der Waals surface area contributed by atoms with E-state index in [-0.39, 0.29) is 11.8 Å². The summed E-state index contributed by atoms with van der Waals surface area (Å²) >= 11 is 0. The van der Waals surface area contributed by atoms with Gasteiger partial charge in [-0.3, -0.25) is 14.5 Å². The van der Waals surface area contributed by atoms with Crippen LogP contribution in [0.25, 0.3) is 0 Å². The molecule has 6 nitrogen and oxygen atoms in total. The first-order valence-corrected chi connectivity index (χ1v) is 6.10. The Morgan fingerprint density at radius 3 is 2.76 bits per heavy atom. The Kier molecular flexibility index (Phi) is 4.33. The third kappa shape index (κ3) is 3.67. The van der Waals surface area contributed by atoms with Crippen LogP contribution in [0.3, 0.4) is 0 Å². The van der Waals surface area contributed by atoms with Crippen LogP contribution in [-0.2, 0) is 14.3 Å². The lowest BCUT2D eigenvalue weighted by Crippen LogP contribution is -2.49. The lowest BCUT2D eigenvalue weighted by atomic mass is 10.2. The number of morpholine rings is 1. The maximum Gasteiger partial charge on any atom is 0.234 e. The molecule has 1 N–H and O–H groups in total. The van der Waals surface area contributed by atoms with Gasteiger partial charge in [-0.2, -0.15) is 0 Å². The first-order chi connectivity index (χ1) is 8.25. The third-order valence-electron chi connectivity index (χ3n) is 3.12. The minimum Gasteiger partial charge on any atom is -0.378 e. The minimum absolute atomic E-state index is 0.0510. The molecule has 2 amide bonds. The first-order valence-electron chi connectivity index (χ1n) is 6.10. The molecule has 0 unspecified atom stereocenters. The molecule has 0 atom stereocenters. The van der Waals surface area contributed by atoms with Gasteiger partial charge in [-0.05, 0) is 0 Å². The molecule has 0 aromatic rings. The van der Waals surface area contributed by atoms with E-state index in [1.165, 1.54) is 0 Å². The number of piperazine rings is 1. The van der Waals surface area contributed by atoms with Crippen LogP contribution < -0.4 is 5.32 Å². The fourth-order valence-corrected chi connectivity index (χ4v) is 2.11. The number of nitrogens with zero attached hydrogens (tertiary/aromatic N) is 2. The normalized spacial score (nSPS) is 22.4. The molecule has 0 aliphatic carbocycles. The molecular formula is C11H19N3O3. The van der Waals surface area contributed by atoms with Gasteiger partial charge in [-0.15, -0.1) is 0 Å². The largest absolute Gasteiger partial charge is 0.378 e. The van der Waals surface area contributed by atoms with E-state index in [0.29, 0.717) is 52.4 Å². The summed E-state index contributed by atoms with van der Waals surface area (Å²) in [5, 5.41) is 2.77. The number of amides is 2. The number of hydrogen-bond acceptors (Lipinski definition) is 4. The van der Waals surface area contributed by atoms with Crippen molar-refractivity contribution in [1.29, 1.82) is 0 Å². The van der Waals surface area contributed by atoms with Gasteiger partial charge in [0.1, 0.15) is 0 Å². The van der Waals surface area contributed by atoms with Crippen LogP contribution in [0.15, 0.2) is 0 Å². The topological polar surface area (TPSA) is 61.9 Å². The molecule has 0 radical (unpaired) electrons. The fourth-order valence-electron chi connectivity index (χ4n) is 2.11. The average Bonchev–Trinajstić information content (AvgIpc) is 2.37. The number of carbonyl (C=O) groups is 2. The van der Waals surface area contributed by atoms with Gasteiger partial charge in [0.25, 0.3) is 0 Å². The molecule has 0 spiro atoms. The monoisotopic (exact) mass is 241 g/mol. The molecule has 2 fully saturated rings. The van der Waals surface area contributed by atoms with Gasteiger partial charge in [-0.25, -0.2) is 0 Å². The molecule has 2 rings (SSSR count). The number of nitrogens with one attached hydrogen (secondary N) is 1. The molecule has 0 aromatic carbocycles. The smallest absolute Gasteiger partial charge is 0.234 e. The molecule has 2 heterocycles. The van der Waals surface area contributed by atoms with Crippen molar-refractivity contribution in [3.05, 3.63) is 0 Å². The summed E-state index contributed by atoms with van der Waals surface area (Å²) < 4.78 is 5.20. The lowest BCUT2D eigenvalue weighted by molar-refractivity contribution is -0.136. The van der Waals surface area contributed by atoms with E-state index in [4.69, 9.17) is 4.74 Å². The van der Waals surface area contributed by atoms with Crippen molar-refractivity contribution in [2.45, 2.75) is 6.42 Å². The highest BCUT2D eigenvalue weighted by molar-refractivity contribution is 5.79. The number of carbonyl (C=O) groups excluding carboxylic acids is 2. The number of hydrogen-bond donors (Lipinski definition) is 1. The first kappa shape index (κ1) is 12.3. The van der Waals surface area contributed by atoms with Crippen molar-refractivity contribution in [2.75, 3.05) is 52.5 Å². The Hall–Kier alpha value is -1.14. The van der Waals surface area contributed by atoms with Gasteiger partial charge in [-0.1, -0.05) is 0 Å². The Morgan fingerprint density at radius 2 is 2.06 bits per heavy atom. The molecular weight excluding hydrogens is 222 g/mol. The predicted octanol–water partition coefficient (Wildman–Crippen LogP) is -1.33. The Morgan fingerprint density at radius 1 is 1.29 bits per heavy atom. The second-order valence-corrected chi connectivity index (χ2v) is 4.37. The highest BCUT2D eigenvalue weighted by Crippen LogP contribution is 2.02. The predicted molar refractivity (Wildman–Crippen MR) is 61.5 cm³/mol. The van der Waals surface area contributed by atoms with Crippen LogP contribution in [0.4, 0.5) is 0 Å². The Labute approximate surface area is 101 Å². The van der Waals surface area contributed by atoms with Crippen molar-refractivity contribution in [3.8, 4) is 0 Å². The van der Waals surface area contributed by atoms with Crippen LogP contribution in [0.2, 0.25) is 0 Å². The summed E-state index contributed by atoms with van der Waals surface area (Å²) in [5.74, 6) is 0.217. The summed E-state index contributed by atoms with van der Waals surface area (Å²) in [6.45, 7) is 5.26. The average molecular weight is 241 g/mol. The van der Waals surface area contributed by atoms with Gasteiger partial charge < -0.3 is 15.0 Å². The standard InChI is InChI=1S/C11H19N3O3/c15-10-9-13(4-2-12-10)3-1-11(16)14-5-7-17-8-6-14/h1-9H2,(H,12,15). The number of ether oxygens (including phenoxy) is 1. The van der Waals surface area contributed by atoms with Gasteiger partial charge >= 0.3 is 0 Å². The van der Waals surface area contributed by atoms with Crippen LogP contribution >= 0.6 is 0 Å². The van der Waals surface area contributed by atoms with Crippen LogP contribution in [0, 0.1) is 0 Å². The highest BCUT2D eigenvalue weighted by atomic mass is 16.5. The molecule has 96 valence electrons. The third-order valence-corrected chi connectivity index (χ3v) is 3.12. The summed E-state index contributed by atoms with van der Waals surface area (Å²) in [5.41, 5.74) is 0. The van der Waals surface area contributed by atoms with Crippen molar-refractivity contribution >= 4 is 11.8 Å². The molecule has 2 aliphatic rings. The van der Waals surface area contributed by atoms with E-state index in [1.807, 2.05) is 9.80 Å². The van der Waals surface area contributed by atoms with Crippen LogP contribution in [0.5, 0.6) is 0 Å². The zero-order chi connectivity index (χ0) is 12.1. The maximum atomic E-state index is 11.9. The zero-order valence-corrected chi connectivity index (χ0v) is 9.98. The second kappa shape index (κ2) is 5.97. The molecule has 0 bridgehead atoms. The molecule has 0 saturated carbocycles. The highest BCUT2D eigenvalue weighted by Gasteiger charge is 2.20. The summed E-state index contributed by atoms with van der Waals surface area (Å²) in [4.78, 5) is 26.9. The van der Waals surface area contributed by atoms with Gasteiger partial charge in [0.15, 0.2) is 0 Å². The molecule has 6 heteroatoms. The maximum absolute atomic E-state index is 11.9. The van der Waals surface area contributed by atoms with Crippen molar-refractivity contribution < 1.29 is 14.3 Å². The van der Waals surface area contributed by atoms with Gasteiger partial charge in [0, 0.05) is 39.1 Å². The molecule has 0 aromatic heterocycles. The molecule has 2 saturated heterocycles. The quantitative estimate of drug-likeness (QED) is 0.665. The number of rotatable bonds is 3. The van der Waals surface area contributed by atoms with Crippen molar-refractivity contribution in [3.63, 3.8) is 0 Å². The van der Waals surface area contributed by atoms with E-state index in [2.05, 4.69) is 5.32 Å². The van der Waals surface area contributed by atoms with Crippen molar-refractivity contribution in [1.82, 2.24) is 15.1 Å². The van der Waals surface area contributed by atoms with E-state index < -0.39 is 0 Å². The SMILES string of the molecule is O=C1CN(CCC(=O)N2CCOCC2)CCN1. The van der Waals surface area contributed by atoms with Crippen molar-refractivity contribution in [2.24, 2.45) is 0 Å². The molecule has 2 aliphatic heterocycles. The summed E-state index contributed by atoms with van der Waals surface area (Å²) in [6.07, 6.45) is 0.493. The van der Waals surface area contributed by atoms with E-state index in [1.54, 1.807) is 0 Å². The van der Waals surface area contributed by atoms with E-state index >= 15 is 0 Å². The van der Waals surface area contributed by atoms with Crippen LogP contribution in [0.1, 0.15) is 6.42 Å². The van der Waals surface area contributed by atoms with Gasteiger partial charge in [0.05, 0.1) is 19.8 Å². The van der Waals surface area contributed by atoms with E-state index in [9.17, 15) is 9.59 Å². The van der Waals surface area contributed by atoms with Gasteiger partial charge in [0.2, 0.25) is 11.8 Å².